The maximum absolute atomic E-state index is 5.50. The van der Waals surface area contributed by atoms with E-state index in [9.17, 15) is 0 Å². The molecule has 1 aliphatic heterocycles. The molecule has 1 saturated heterocycles. The molecule has 1 atom stereocenters. The zero-order chi connectivity index (χ0) is 16.1. The topological polar surface area (TPSA) is 54.6 Å². The first-order valence-corrected chi connectivity index (χ1v) is 8.99. The van der Waals surface area contributed by atoms with Crippen LogP contribution in [-0.4, -0.2) is 59.8 Å². The van der Waals surface area contributed by atoms with Crippen molar-refractivity contribution in [1.82, 2.24) is 19.9 Å². The van der Waals surface area contributed by atoms with Crippen molar-refractivity contribution in [2.75, 3.05) is 39.9 Å². The second-order valence-electron chi connectivity index (χ2n) is 5.83. The number of aryl methyl sites for hydroxylation is 1. The maximum Gasteiger partial charge on any atom is 0.226 e. The predicted molar refractivity (Wildman–Crippen MR) is 89.5 cm³/mol. The van der Waals surface area contributed by atoms with Crippen molar-refractivity contribution >= 4 is 11.3 Å². The van der Waals surface area contributed by atoms with Gasteiger partial charge in [0.2, 0.25) is 5.89 Å². The minimum atomic E-state index is 0.390. The van der Waals surface area contributed by atoms with E-state index in [4.69, 9.17) is 9.26 Å². The summed E-state index contributed by atoms with van der Waals surface area (Å²) in [5.74, 6) is 1.47. The molecule has 2 aromatic rings. The Labute approximate surface area is 141 Å². The van der Waals surface area contributed by atoms with Crippen molar-refractivity contribution in [3.8, 4) is 0 Å². The van der Waals surface area contributed by atoms with Crippen molar-refractivity contribution in [1.29, 1.82) is 0 Å². The van der Waals surface area contributed by atoms with Gasteiger partial charge in [-0.2, -0.15) is 4.98 Å². The third-order valence-electron chi connectivity index (χ3n) is 4.07. The Kier molecular flexibility index (Phi) is 5.77. The van der Waals surface area contributed by atoms with E-state index in [2.05, 4.69) is 44.5 Å². The summed E-state index contributed by atoms with van der Waals surface area (Å²) >= 11 is 1.82. The van der Waals surface area contributed by atoms with Crippen LogP contribution in [0.2, 0.25) is 0 Å². The van der Waals surface area contributed by atoms with Gasteiger partial charge in [0.1, 0.15) is 0 Å². The van der Waals surface area contributed by atoms with Crippen LogP contribution in [0.15, 0.2) is 22.0 Å². The number of thiophene rings is 1. The van der Waals surface area contributed by atoms with Gasteiger partial charge in [-0.05, 0) is 18.5 Å². The molecule has 0 unspecified atom stereocenters. The summed E-state index contributed by atoms with van der Waals surface area (Å²) in [6.45, 7) is 7.27. The quantitative estimate of drug-likeness (QED) is 0.773. The molecule has 0 aromatic carbocycles. The highest BCUT2D eigenvalue weighted by Gasteiger charge is 2.25. The number of hydrogen-bond acceptors (Lipinski definition) is 7. The molecular weight excluding hydrogens is 312 g/mol. The average Bonchev–Trinajstić information content (AvgIpc) is 3.25. The van der Waals surface area contributed by atoms with Crippen LogP contribution >= 0.6 is 11.3 Å². The van der Waals surface area contributed by atoms with Crippen molar-refractivity contribution in [2.45, 2.75) is 25.9 Å². The number of hydrogen-bond donors (Lipinski definition) is 0. The smallest absolute Gasteiger partial charge is 0.226 e. The van der Waals surface area contributed by atoms with Crippen LogP contribution in [0.4, 0.5) is 0 Å². The monoisotopic (exact) mass is 336 g/mol. The first-order chi connectivity index (χ1) is 11.3. The van der Waals surface area contributed by atoms with Gasteiger partial charge in [0.25, 0.3) is 0 Å². The highest BCUT2D eigenvalue weighted by atomic mass is 32.1. The number of aromatic nitrogens is 2. The van der Waals surface area contributed by atoms with Crippen LogP contribution in [0.5, 0.6) is 0 Å². The normalized spacial score (nSPS) is 17.7. The fourth-order valence-corrected chi connectivity index (χ4v) is 3.71. The second kappa shape index (κ2) is 8.01. The lowest BCUT2D eigenvalue weighted by molar-refractivity contribution is 0.00946. The summed E-state index contributed by atoms with van der Waals surface area (Å²) in [5.41, 5.74) is 0. The Hall–Kier alpha value is -1.28. The van der Waals surface area contributed by atoms with Gasteiger partial charge in [-0.25, -0.2) is 0 Å². The molecule has 126 valence electrons. The first kappa shape index (κ1) is 16.6. The molecule has 0 amide bonds. The van der Waals surface area contributed by atoms with Crippen LogP contribution < -0.4 is 0 Å². The van der Waals surface area contributed by atoms with Gasteiger partial charge in [-0.15, -0.1) is 11.3 Å². The lowest BCUT2D eigenvalue weighted by atomic mass is 10.1. The van der Waals surface area contributed by atoms with E-state index in [1.54, 1.807) is 0 Å². The summed E-state index contributed by atoms with van der Waals surface area (Å²) in [6.07, 6.45) is 0.780. The molecule has 3 heterocycles. The van der Waals surface area contributed by atoms with Gasteiger partial charge in [0, 0.05) is 30.9 Å². The summed E-state index contributed by atoms with van der Waals surface area (Å²) in [5, 5.41) is 6.20. The van der Waals surface area contributed by atoms with Crippen molar-refractivity contribution in [2.24, 2.45) is 0 Å². The van der Waals surface area contributed by atoms with Gasteiger partial charge in [-0.3, -0.25) is 9.80 Å². The average molecular weight is 336 g/mol. The molecule has 0 aliphatic carbocycles. The maximum atomic E-state index is 5.50. The van der Waals surface area contributed by atoms with Crippen molar-refractivity contribution < 1.29 is 9.26 Å². The Morgan fingerprint density at radius 1 is 1.39 bits per heavy atom. The van der Waals surface area contributed by atoms with E-state index >= 15 is 0 Å². The Bertz CT molecular complexity index is 581. The SMILES string of the molecule is CCc1nc(CN(C)C[C@H](c2cccs2)N2CCOCC2)no1. The third-order valence-corrected chi connectivity index (χ3v) is 5.04. The van der Waals surface area contributed by atoms with Gasteiger partial charge in [-0.1, -0.05) is 18.1 Å². The van der Waals surface area contributed by atoms with E-state index in [-0.39, 0.29) is 0 Å². The van der Waals surface area contributed by atoms with Gasteiger partial charge >= 0.3 is 0 Å². The van der Waals surface area contributed by atoms with Gasteiger partial charge in [0.05, 0.1) is 25.8 Å². The molecule has 0 N–H and O–H groups in total. The van der Waals surface area contributed by atoms with Crippen molar-refractivity contribution in [3.05, 3.63) is 34.1 Å². The van der Waals surface area contributed by atoms with Crippen LogP contribution in [0.3, 0.4) is 0 Å². The largest absolute Gasteiger partial charge is 0.379 e. The standard InChI is InChI=1S/C16H24N4O2S/c1-3-16-17-15(18-22-16)12-19(2)11-13(14-5-4-10-23-14)20-6-8-21-9-7-20/h4-5,10,13H,3,6-9,11-12H2,1-2H3/t13-/m1/s1. The summed E-state index contributed by atoms with van der Waals surface area (Å²) < 4.78 is 10.7. The molecule has 6 nitrogen and oxygen atoms in total. The lowest BCUT2D eigenvalue weighted by Crippen LogP contribution is -2.42. The Balaban J connectivity index is 1.65. The van der Waals surface area contributed by atoms with E-state index in [0.29, 0.717) is 18.5 Å². The molecule has 7 heteroatoms. The molecular formula is C16H24N4O2S. The molecule has 0 radical (unpaired) electrons. The molecule has 2 aromatic heterocycles. The van der Waals surface area contributed by atoms with E-state index in [1.165, 1.54) is 4.88 Å². The zero-order valence-corrected chi connectivity index (χ0v) is 14.6. The molecule has 1 aliphatic rings. The zero-order valence-electron chi connectivity index (χ0n) is 13.8. The predicted octanol–water partition coefficient (Wildman–Crippen LogP) is 2.20. The molecule has 23 heavy (non-hydrogen) atoms. The van der Waals surface area contributed by atoms with Crippen LogP contribution in [0.25, 0.3) is 0 Å². The molecule has 1 fully saturated rings. The van der Waals surface area contributed by atoms with Crippen molar-refractivity contribution in [3.63, 3.8) is 0 Å². The molecule has 0 spiro atoms. The number of nitrogens with zero attached hydrogens (tertiary/aromatic N) is 4. The number of morpholine rings is 1. The van der Waals surface area contributed by atoms with Crippen LogP contribution in [0, 0.1) is 0 Å². The molecule has 3 rings (SSSR count). The lowest BCUT2D eigenvalue weighted by Gasteiger charge is -2.36. The highest BCUT2D eigenvalue weighted by Crippen LogP contribution is 2.27. The van der Waals surface area contributed by atoms with E-state index < -0.39 is 0 Å². The fraction of sp³-hybridized carbons (Fsp3) is 0.625. The number of likely N-dealkylation sites (N-methyl/N-ethyl adjacent to an activating group) is 1. The Morgan fingerprint density at radius 2 is 2.22 bits per heavy atom. The minimum Gasteiger partial charge on any atom is -0.379 e. The van der Waals surface area contributed by atoms with Crippen LogP contribution in [-0.2, 0) is 17.7 Å². The fourth-order valence-electron chi connectivity index (χ4n) is 2.85. The summed E-state index contributed by atoms with van der Waals surface area (Å²) in [7, 11) is 2.11. The van der Waals surface area contributed by atoms with Gasteiger partial charge in [0.15, 0.2) is 5.82 Å². The molecule has 0 bridgehead atoms. The second-order valence-corrected chi connectivity index (χ2v) is 6.81. The Morgan fingerprint density at radius 3 is 2.87 bits per heavy atom. The van der Waals surface area contributed by atoms with Gasteiger partial charge < -0.3 is 9.26 Å². The summed E-state index contributed by atoms with van der Waals surface area (Å²) in [6, 6.07) is 4.74. The highest BCUT2D eigenvalue weighted by molar-refractivity contribution is 7.10. The molecule has 0 saturated carbocycles. The van der Waals surface area contributed by atoms with Crippen LogP contribution in [0.1, 0.15) is 29.6 Å². The number of ether oxygens (including phenoxy) is 1. The third kappa shape index (κ3) is 4.38. The summed E-state index contributed by atoms with van der Waals surface area (Å²) in [4.78, 5) is 10.6. The minimum absolute atomic E-state index is 0.390. The van der Waals surface area contributed by atoms with E-state index in [0.717, 1.165) is 45.1 Å². The first-order valence-electron chi connectivity index (χ1n) is 8.11. The number of rotatable bonds is 7. The van der Waals surface area contributed by atoms with E-state index in [1.807, 2.05) is 18.3 Å².